The molecule has 0 fully saturated rings. The molecule has 0 saturated heterocycles. The molecule has 0 saturated carbocycles. The van der Waals surface area contributed by atoms with E-state index in [4.69, 9.17) is 11.6 Å². The zero-order valence-electron chi connectivity index (χ0n) is 14.6. The molecule has 0 atom stereocenters. The molecule has 26 heavy (non-hydrogen) atoms. The third-order valence-corrected chi connectivity index (χ3v) is 6.31. The zero-order valence-corrected chi connectivity index (χ0v) is 17.7. The van der Waals surface area contributed by atoms with E-state index in [0.717, 1.165) is 21.7 Å². The number of nitrogens with zero attached hydrogens (tertiary/aromatic N) is 2. The van der Waals surface area contributed by atoms with Crippen LogP contribution in [0.2, 0.25) is 5.02 Å². The molecule has 1 heterocycles. The summed E-state index contributed by atoms with van der Waals surface area (Å²) in [7, 11) is 2.03. The van der Waals surface area contributed by atoms with Gasteiger partial charge in [0.1, 0.15) is 11.6 Å². The first kappa shape index (κ1) is 19.4. The molecule has 3 aromatic rings. The molecular weight excluding hydrogens is 437 g/mol. The Kier molecular flexibility index (Phi) is 6.07. The lowest BCUT2D eigenvalue weighted by molar-refractivity contribution is 0.469. The molecule has 0 aliphatic carbocycles. The molecule has 0 aliphatic heterocycles. The van der Waals surface area contributed by atoms with E-state index in [1.165, 1.54) is 6.07 Å². The third kappa shape index (κ3) is 4.31. The van der Waals surface area contributed by atoms with E-state index in [1.54, 1.807) is 24.2 Å². The average molecular weight is 455 g/mol. The van der Waals surface area contributed by atoms with E-state index in [9.17, 15) is 4.39 Å². The molecular formula is C19H18BrClFN3S. The van der Waals surface area contributed by atoms with Crippen molar-refractivity contribution in [2.45, 2.75) is 24.8 Å². The molecule has 0 bridgehead atoms. The Labute approximate surface area is 170 Å². The predicted octanol–water partition coefficient (Wildman–Crippen LogP) is 6.65. The molecule has 0 spiro atoms. The summed E-state index contributed by atoms with van der Waals surface area (Å²) in [5, 5.41) is 0.702. The highest BCUT2D eigenvalue weighted by Crippen LogP contribution is 2.34. The highest BCUT2D eigenvalue weighted by atomic mass is 79.9. The van der Waals surface area contributed by atoms with Crippen LogP contribution in [0, 0.1) is 5.82 Å². The van der Waals surface area contributed by atoms with Gasteiger partial charge < -0.3 is 4.98 Å². The van der Waals surface area contributed by atoms with Crippen LogP contribution in [0.5, 0.6) is 0 Å². The molecule has 0 aliphatic rings. The summed E-state index contributed by atoms with van der Waals surface area (Å²) < 4.78 is 16.4. The third-order valence-electron chi connectivity index (χ3n) is 3.98. The number of rotatable bonds is 5. The van der Waals surface area contributed by atoms with Gasteiger partial charge in [0, 0.05) is 22.1 Å². The molecule has 0 radical (unpaired) electrons. The molecule has 1 aromatic heterocycles. The Morgan fingerprint density at radius 2 is 1.92 bits per heavy atom. The number of nitrogens with one attached hydrogen (secondary N) is 1. The van der Waals surface area contributed by atoms with Crippen molar-refractivity contribution >= 4 is 39.5 Å². The topological polar surface area (TPSA) is 31.9 Å². The van der Waals surface area contributed by atoms with Crippen molar-refractivity contribution in [3.8, 4) is 22.6 Å². The number of aromatic nitrogens is 2. The van der Waals surface area contributed by atoms with Crippen LogP contribution in [0.4, 0.5) is 4.39 Å². The number of imidazole rings is 1. The maximum absolute atomic E-state index is 13.8. The Bertz CT molecular complexity index is 929. The van der Waals surface area contributed by atoms with Crippen molar-refractivity contribution in [1.29, 1.82) is 0 Å². The summed E-state index contributed by atoms with van der Waals surface area (Å²) in [6.07, 6.45) is 1.71. The molecule has 3 rings (SSSR count). The van der Waals surface area contributed by atoms with Crippen LogP contribution in [0.15, 0.2) is 52.0 Å². The highest BCUT2D eigenvalue weighted by Gasteiger charge is 2.12. The van der Waals surface area contributed by atoms with Crippen molar-refractivity contribution in [1.82, 2.24) is 14.3 Å². The van der Waals surface area contributed by atoms with Gasteiger partial charge in [0.05, 0.1) is 21.4 Å². The monoisotopic (exact) mass is 453 g/mol. The summed E-state index contributed by atoms with van der Waals surface area (Å²) in [5.41, 5.74) is 2.43. The van der Waals surface area contributed by atoms with Gasteiger partial charge in [-0.2, -0.15) is 0 Å². The molecule has 2 aromatic carbocycles. The van der Waals surface area contributed by atoms with Crippen LogP contribution in [0.3, 0.4) is 0 Å². The van der Waals surface area contributed by atoms with Crippen LogP contribution >= 0.6 is 39.5 Å². The maximum Gasteiger partial charge on any atom is 0.138 e. The van der Waals surface area contributed by atoms with Crippen LogP contribution < -0.4 is 0 Å². The Hall–Kier alpha value is -1.34. The predicted molar refractivity (Wildman–Crippen MR) is 111 cm³/mol. The van der Waals surface area contributed by atoms with Crippen LogP contribution in [0.1, 0.15) is 13.8 Å². The standard InChI is InChI=1S/C19H18BrClFN3S/c1-11(2)25(3)26-18-9-13(5-7-15(18)21)19-23-10-17(24-19)12-4-6-14(20)16(22)8-12/h4-11H,1-3H3,(H,23,24). The largest absolute Gasteiger partial charge is 0.338 e. The average Bonchev–Trinajstić information content (AvgIpc) is 3.09. The van der Waals surface area contributed by atoms with Crippen molar-refractivity contribution in [3.63, 3.8) is 0 Å². The van der Waals surface area contributed by atoms with Gasteiger partial charge in [-0.1, -0.05) is 17.7 Å². The van der Waals surface area contributed by atoms with Gasteiger partial charge in [-0.25, -0.2) is 13.7 Å². The van der Waals surface area contributed by atoms with Crippen molar-refractivity contribution < 1.29 is 4.39 Å². The quantitative estimate of drug-likeness (QED) is 0.438. The van der Waals surface area contributed by atoms with Crippen LogP contribution in [-0.2, 0) is 0 Å². The lowest BCUT2D eigenvalue weighted by Gasteiger charge is -2.20. The number of benzene rings is 2. The second-order valence-corrected chi connectivity index (χ2v) is 8.61. The number of aromatic amines is 1. The Morgan fingerprint density at radius 3 is 2.62 bits per heavy atom. The summed E-state index contributed by atoms with van der Waals surface area (Å²) >= 11 is 11.1. The first-order chi connectivity index (χ1) is 12.3. The number of halogens is 3. The molecule has 7 heteroatoms. The Morgan fingerprint density at radius 1 is 1.19 bits per heavy atom. The fourth-order valence-corrected chi connectivity index (χ4v) is 3.58. The van der Waals surface area contributed by atoms with Crippen molar-refractivity contribution in [2.75, 3.05) is 7.05 Å². The lowest BCUT2D eigenvalue weighted by Crippen LogP contribution is -2.18. The van der Waals surface area contributed by atoms with E-state index in [0.29, 0.717) is 21.4 Å². The van der Waals surface area contributed by atoms with Crippen molar-refractivity contribution in [3.05, 3.63) is 57.9 Å². The van der Waals surface area contributed by atoms with E-state index in [-0.39, 0.29) is 5.82 Å². The van der Waals surface area contributed by atoms with Gasteiger partial charge in [-0.15, -0.1) is 0 Å². The first-order valence-electron chi connectivity index (χ1n) is 8.06. The fraction of sp³-hybridized carbons (Fsp3) is 0.211. The number of hydrogen-bond acceptors (Lipinski definition) is 3. The van der Waals surface area contributed by atoms with Gasteiger partial charge in [-0.05, 0) is 79.1 Å². The van der Waals surface area contributed by atoms with Gasteiger partial charge in [0.15, 0.2) is 0 Å². The van der Waals surface area contributed by atoms with Gasteiger partial charge in [0.25, 0.3) is 0 Å². The molecule has 1 N–H and O–H groups in total. The van der Waals surface area contributed by atoms with Crippen LogP contribution in [0.25, 0.3) is 22.6 Å². The van der Waals surface area contributed by atoms with Crippen molar-refractivity contribution in [2.24, 2.45) is 0 Å². The molecule has 3 nitrogen and oxygen atoms in total. The summed E-state index contributed by atoms with van der Waals surface area (Å²) in [5.74, 6) is 0.412. The van der Waals surface area contributed by atoms with E-state index >= 15 is 0 Å². The number of hydrogen-bond donors (Lipinski definition) is 1. The normalized spacial score (nSPS) is 11.5. The maximum atomic E-state index is 13.8. The van der Waals surface area contributed by atoms with Gasteiger partial charge >= 0.3 is 0 Å². The summed E-state index contributed by atoms with van der Waals surface area (Å²) in [6.45, 7) is 4.25. The molecule has 0 amide bonds. The number of H-pyrrole nitrogens is 1. The summed E-state index contributed by atoms with van der Waals surface area (Å²) in [4.78, 5) is 8.67. The Balaban J connectivity index is 1.90. The lowest BCUT2D eigenvalue weighted by atomic mass is 10.2. The van der Waals surface area contributed by atoms with E-state index in [2.05, 4.69) is 44.1 Å². The minimum absolute atomic E-state index is 0.305. The second-order valence-electron chi connectivity index (χ2n) is 6.15. The molecule has 0 unspecified atom stereocenters. The minimum Gasteiger partial charge on any atom is -0.338 e. The van der Waals surface area contributed by atoms with E-state index < -0.39 is 0 Å². The molecule has 136 valence electrons. The zero-order chi connectivity index (χ0) is 18.8. The smallest absolute Gasteiger partial charge is 0.138 e. The fourth-order valence-electron chi connectivity index (χ4n) is 2.26. The van der Waals surface area contributed by atoms with Crippen LogP contribution in [-0.4, -0.2) is 27.4 Å². The van der Waals surface area contributed by atoms with Gasteiger partial charge in [0.2, 0.25) is 0 Å². The minimum atomic E-state index is -0.305. The SMILES string of the molecule is CC(C)N(C)Sc1cc(-c2ncc(-c3ccc(Br)c(F)c3)[nH]2)ccc1Cl. The van der Waals surface area contributed by atoms with E-state index in [1.807, 2.05) is 31.3 Å². The summed E-state index contributed by atoms with van der Waals surface area (Å²) in [6, 6.07) is 11.2. The first-order valence-corrected chi connectivity index (χ1v) is 10.0. The second kappa shape index (κ2) is 8.13. The van der Waals surface area contributed by atoms with Gasteiger partial charge in [-0.3, -0.25) is 0 Å². The highest BCUT2D eigenvalue weighted by molar-refractivity contribution is 9.10.